The molecule has 1 aliphatic heterocycles. The van der Waals surface area contributed by atoms with E-state index >= 15 is 0 Å². The minimum atomic E-state index is -4.42. The van der Waals surface area contributed by atoms with Crippen LogP contribution in [-0.4, -0.2) is 33.2 Å². The minimum Gasteiger partial charge on any atom is -0.383 e. The molecule has 1 atom stereocenters. The van der Waals surface area contributed by atoms with E-state index in [1.54, 1.807) is 25.3 Å². The Kier molecular flexibility index (Phi) is 7.20. The van der Waals surface area contributed by atoms with Crippen molar-refractivity contribution in [1.29, 1.82) is 0 Å². The Morgan fingerprint density at radius 1 is 1.22 bits per heavy atom. The molecule has 41 heavy (non-hydrogen) atoms. The number of hydrogen-bond donors (Lipinski definition) is 4. The normalized spacial score (nSPS) is 17.1. The number of fused-ring (bicyclic) bond motifs is 1. The fourth-order valence-corrected chi connectivity index (χ4v) is 5.09. The van der Waals surface area contributed by atoms with Gasteiger partial charge in [0.15, 0.2) is 5.54 Å². The summed E-state index contributed by atoms with van der Waals surface area (Å²) >= 11 is 6.68. The third-order valence-corrected chi connectivity index (χ3v) is 7.49. The molecule has 0 bridgehead atoms. The maximum atomic E-state index is 13.9. The monoisotopic (exact) mass is 587 g/mol. The Labute approximate surface area is 240 Å². The SMILES string of the molecule is C#Cc1cnc2c(Cl)cc(N[C@H](C3=CN(C4(C(F)(F)F)CC4)NN3)c3ccc(F)nc3C)cc2c1NCC(C)(C)C. The molecule has 12 heteroatoms. The van der Waals surface area contributed by atoms with Gasteiger partial charge >= 0.3 is 6.18 Å². The van der Waals surface area contributed by atoms with Crippen LogP contribution in [0.25, 0.3) is 10.9 Å². The summed E-state index contributed by atoms with van der Waals surface area (Å²) in [5.41, 5.74) is 7.14. The molecule has 216 valence electrons. The van der Waals surface area contributed by atoms with Gasteiger partial charge in [0.2, 0.25) is 5.95 Å². The number of aryl methyl sites for hydroxylation is 1. The predicted octanol–water partition coefficient (Wildman–Crippen LogP) is 6.58. The molecule has 1 fully saturated rings. The van der Waals surface area contributed by atoms with Crippen LogP contribution in [0.1, 0.15) is 56.5 Å². The van der Waals surface area contributed by atoms with E-state index in [9.17, 15) is 17.6 Å². The highest BCUT2D eigenvalue weighted by Crippen LogP contribution is 2.53. The van der Waals surface area contributed by atoms with E-state index in [2.05, 4.69) is 58.3 Å². The Bertz CT molecular complexity index is 1570. The first-order valence-electron chi connectivity index (χ1n) is 13.0. The lowest BCUT2D eigenvalue weighted by Crippen LogP contribution is -2.52. The van der Waals surface area contributed by atoms with Crippen molar-refractivity contribution in [3.8, 4) is 12.3 Å². The van der Waals surface area contributed by atoms with E-state index in [1.807, 2.05) is 6.07 Å². The van der Waals surface area contributed by atoms with Crippen molar-refractivity contribution in [2.75, 3.05) is 17.2 Å². The lowest BCUT2D eigenvalue weighted by atomic mass is 9.96. The highest BCUT2D eigenvalue weighted by molar-refractivity contribution is 6.35. The number of hydrogen-bond acceptors (Lipinski definition) is 7. The molecule has 1 saturated carbocycles. The number of nitrogens with one attached hydrogen (secondary N) is 4. The molecular formula is C29H30ClF4N7. The van der Waals surface area contributed by atoms with E-state index in [0.29, 0.717) is 56.4 Å². The van der Waals surface area contributed by atoms with Crippen molar-refractivity contribution in [3.05, 3.63) is 70.2 Å². The molecule has 5 rings (SSSR count). The minimum absolute atomic E-state index is 0.0284. The second-order valence-electron chi connectivity index (χ2n) is 11.6. The van der Waals surface area contributed by atoms with Crippen LogP contribution < -0.4 is 21.6 Å². The lowest BCUT2D eigenvalue weighted by Gasteiger charge is -2.28. The first kappa shape index (κ1) is 28.8. The van der Waals surface area contributed by atoms with Crippen molar-refractivity contribution in [2.45, 2.75) is 58.3 Å². The average Bonchev–Trinajstić information content (AvgIpc) is 3.57. The molecule has 2 aliphatic rings. The topological polar surface area (TPSA) is 77.1 Å². The summed E-state index contributed by atoms with van der Waals surface area (Å²) in [5, 5.41) is 8.87. The van der Waals surface area contributed by atoms with Gasteiger partial charge in [0.05, 0.1) is 33.5 Å². The van der Waals surface area contributed by atoms with Gasteiger partial charge in [-0.3, -0.25) is 9.99 Å². The van der Waals surface area contributed by atoms with E-state index in [4.69, 9.17) is 18.0 Å². The summed E-state index contributed by atoms with van der Waals surface area (Å²) in [6.45, 7) is 8.53. The first-order chi connectivity index (χ1) is 19.2. The van der Waals surface area contributed by atoms with E-state index in [0.717, 1.165) is 5.01 Å². The van der Waals surface area contributed by atoms with Gasteiger partial charge in [-0.2, -0.15) is 17.6 Å². The second-order valence-corrected chi connectivity index (χ2v) is 12.0. The van der Waals surface area contributed by atoms with Crippen LogP contribution in [-0.2, 0) is 0 Å². The van der Waals surface area contributed by atoms with Crippen molar-refractivity contribution in [1.82, 2.24) is 25.9 Å². The van der Waals surface area contributed by atoms with Crippen LogP contribution in [0.3, 0.4) is 0 Å². The summed E-state index contributed by atoms with van der Waals surface area (Å²) in [4.78, 5) is 8.40. The molecule has 0 spiro atoms. The first-order valence-corrected chi connectivity index (χ1v) is 13.4. The van der Waals surface area contributed by atoms with Crippen molar-refractivity contribution < 1.29 is 17.6 Å². The van der Waals surface area contributed by atoms with Crippen LogP contribution in [0.2, 0.25) is 5.02 Å². The third-order valence-electron chi connectivity index (χ3n) is 7.20. The fraction of sp³-hybridized carbons (Fsp3) is 0.379. The van der Waals surface area contributed by atoms with Gasteiger partial charge in [0.25, 0.3) is 0 Å². The largest absolute Gasteiger partial charge is 0.413 e. The molecule has 0 unspecified atom stereocenters. The molecule has 4 N–H and O–H groups in total. The molecule has 0 saturated heterocycles. The zero-order valence-electron chi connectivity index (χ0n) is 23.0. The number of rotatable bonds is 7. The van der Waals surface area contributed by atoms with E-state index in [-0.39, 0.29) is 18.3 Å². The molecule has 2 aromatic heterocycles. The number of pyridine rings is 2. The Morgan fingerprint density at radius 3 is 2.56 bits per heavy atom. The Balaban J connectivity index is 1.58. The van der Waals surface area contributed by atoms with Crippen LogP contribution in [0.15, 0.2) is 42.4 Å². The molecule has 1 aromatic carbocycles. The van der Waals surface area contributed by atoms with Crippen molar-refractivity contribution in [2.24, 2.45) is 5.41 Å². The van der Waals surface area contributed by atoms with Gasteiger partial charge in [-0.05, 0) is 43.4 Å². The maximum absolute atomic E-state index is 13.9. The summed E-state index contributed by atoms with van der Waals surface area (Å²) in [6.07, 6.45) is 4.28. The number of nitrogens with zero attached hydrogens (tertiary/aromatic N) is 3. The van der Waals surface area contributed by atoms with Crippen molar-refractivity contribution in [3.63, 3.8) is 0 Å². The smallest absolute Gasteiger partial charge is 0.383 e. The molecule has 7 nitrogen and oxygen atoms in total. The highest BCUT2D eigenvalue weighted by Gasteiger charge is 2.67. The highest BCUT2D eigenvalue weighted by atomic mass is 35.5. The zero-order chi connectivity index (χ0) is 29.7. The number of anilines is 2. The number of terminal acetylenes is 1. The Morgan fingerprint density at radius 2 is 1.95 bits per heavy atom. The second kappa shape index (κ2) is 10.3. The number of benzene rings is 1. The molecule has 1 aliphatic carbocycles. The van der Waals surface area contributed by atoms with Gasteiger partial charge < -0.3 is 16.1 Å². The van der Waals surface area contributed by atoms with Gasteiger partial charge in [-0.25, -0.2) is 4.98 Å². The lowest BCUT2D eigenvalue weighted by molar-refractivity contribution is -0.195. The molecular weight excluding hydrogens is 558 g/mol. The van der Waals surface area contributed by atoms with Crippen LogP contribution in [0.5, 0.6) is 0 Å². The van der Waals surface area contributed by atoms with E-state index in [1.165, 1.54) is 12.3 Å². The fourth-order valence-electron chi connectivity index (χ4n) is 4.82. The van der Waals surface area contributed by atoms with Gasteiger partial charge in [-0.1, -0.05) is 44.4 Å². The Hall–Kier alpha value is -3.75. The predicted molar refractivity (Wildman–Crippen MR) is 152 cm³/mol. The molecule has 3 heterocycles. The summed E-state index contributed by atoms with van der Waals surface area (Å²) in [6, 6.07) is 5.53. The number of hydrazine groups is 2. The quantitative estimate of drug-likeness (QED) is 0.141. The summed E-state index contributed by atoms with van der Waals surface area (Å²) in [5.74, 6) is 2.00. The zero-order valence-corrected chi connectivity index (χ0v) is 23.7. The molecule has 0 amide bonds. The third kappa shape index (κ3) is 5.59. The van der Waals surface area contributed by atoms with Gasteiger partial charge in [0, 0.05) is 41.3 Å². The van der Waals surface area contributed by atoms with Gasteiger partial charge in [-0.15, -0.1) is 12.0 Å². The van der Waals surface area contributed by atoms with Crippen LogP contribution in [0, 0.1) is 30.6 Å². The number of alkyl halides is 3. The van der Waals surface area contributed by atoms with Crippen LogP contribution in [0.4, 0.5) is 28.9 Å². The number of halogens is 5. The maximum Gasteiger partial charge on any atom is 0.413 e. The summed E-state index contributed by atoms with van der Waals surface area (Å²) in [7, 11) is 0. The molecule has 0 radical (unpaired) electrons. The summed E-state index contributed by atoms with van der Waals surface area (Å²) < 4.78 is 55.4. The van der Waals surface area contributed by atoms with Crippen LogP contribution >= 0.6 is 11.6 Å². The van der Waals surface area contributed by atoms with Crippen molar-refractivity contribution >= 4 is 33.9 Å². The average molecular weight is 588 g/mol. The molecule has 3 aromatic rings. The van der Waals surface area contributed by atoms with Gasteiger partial charge in [0.1, 0.15) is 0 Å². The number of aromatic nitrogens is 2. The van der Waals surface area contributed by atoms with E-state index < -0.39 is 23.7 Å². The standard InChI is InChI=1S/C29H30ClF4N7/c1-6-17-13-35-25-20(24(17)36-15-27(3,4)5)11-18(12-21(25)30)38-26(19-7-8-23(31)37-16(19)2)22-14-41(40-39-22)28(9-10-28)29(32,33)34/h1,7-8,11-14,26,38-40H,9-10,15H2,2-5H3,(H,35,36)/t26-/m0/s1.